The van der Waals surface area contributed by atoms with Crippen LogP contribution in [0.15, 0.2) is 12.1 Å². The van der Waals surface area contributed by atoms with Gasteiger partial charge < -0.3 is 15.7 Å². The Morgan fingerprint density at radius 3 is 2.05 bits per heavy atom. The first-order valence-corrected chi connectivity index (χ1v) is 7.15. The van der Waals surface area contributed by atoms with Crippen LogP contribution >= 0.6 is 0 Å². The first kappa shape index (κ1) is 16.5. The smallest absolute Gasteiger partial charge is 0.319 e. The van der Waals surface area contributed by atoms with Crippen molar-refractivity contribution in [2.75, 3.05) is 11.9 Å². The van der Waals surface area contributed by atoms with E-state index in [1.165, 1.54) is 5.56 Å². The highest BCUT2D eigenvalue weighted by molar-refractivity contribution is 5.91. The maximum atomic E-state index is 12.2. The molecule has 0 aliphatic carbocycles. The van der Waals surface area contributed by atoms with Crippen molar-refractivity contribution in [3.05, 3.63) is 28.8 Å². The molecule has 0 atom stereocenters. The van der Waals surface area contributed by atoms with Crippen LogP contribution in [0.4, 0.5) is 10.5 Å². The highest BCUT2D eigenvalue weighted by Crippen LogP contribution is 2.22. The van der Waals surface area contributed by atoms with Gasteiger partial charge in [-0.2, -0.15) is 0 Å². The van der Waals surface area contributed by atoms with Crippen LogP contribution in [0.2, 0.25) is 0 Å². The molecule has 0 aliphatic rings. The normalized spacial score (nSPS) is 11.3. The molecule has 0 aromatic heterocycles. The summed E-state index contributed by atoms with van der Waals surface area (Å²) in [6.45, 7) is 9.86. The average molecular weight is 278 g/mol. The van der Waals surface area contributed by atoms with Crippen LogP contribution in [0.5, 0.6) is 0 Å². The summed E-state index contributed by atoms with van der Waals surface area (Å²) in [5, 5.41) is 15.3. The number of rotatable bonds is 5. The van der Waals surface area contributed by atoms with E-state index < -0.39 is 5.54 Å². The largest absolute Gasteiger partial charge is 0.394 e. The first-order valence-electron chi connectivity index (χ1n) is 7.15. The van der Waals surface area contributed by atoms with E-state index in [0.29, 0.717) is 12.8 Å². The lowest BCUT2D eigenvalue weighted by atomic mass is 9.94. The molecular weight excluding hydrogens is 252 g/mol. The molecule has 3 N–H and O–H groups in total. The van der Waals surface area contributed by atoms with E-state index >= 15 is 0 Å². The number of hydrogen-bond acceptors (Lipinski definition) is 2. The van der Waals surface area contributed by atoms with Crippen molar-refractivity contribution in [3.63, 3.8) is 0 Å². The summed E-state index contributed by atoms with van der Waals surface area (Å²) in [5.74, 6) is 0. The lowest BCUT2D eigenvalue weighted by Gasteiger charge is -2.31. The number of aliphatic hydroxyl groups excluding tert-OH is 1. The number of urea groups is 1. The molecule has 0 aliphatic heterocycles. The second-order valence-electron chi connectivity index (χ2n) is 5.50. The number of aliphatic hydroxyl groups is 1. The van der Waals surface area contributed by atoms with Crippen LogP contribution in [-0.2, 0) is 0 Å². The van der Waals surface area contributed by atoms with Crippen molar-refractivity contribution in [2.24, 2.45) is 0 Å². The minimum Gasteiger partial charge on any atom is -0.394 e. The quantitative estimate of drug-likeness (QED) is 0.774. The van der Waals surface area contributed by atoms with Gasteiger partial charge in [-0.15, -0.1) is 0 Å². The fourth-order valence-electron chi connectivity index (χ4n) is 2.45. The van der Waals surface area contributed by atoms with E-state index in [1.807, 2.05) is 46.8 Å². The lowest BCUT2D eigenvalue weighted by molar-refractivity contribution is 0.155. The molecule has 4 heteroatoms. The summed E-state index contributed by atoms with van der Waals surface area (Å²) in [6, 6.07) is 3.82. The van der Waals surface area contributed by atoms with E-state index in [-0.39, 0.29) is 12.6 Å². The predicted octanol–water partition coefficient (Wildman–Crippen LogP) is 3.28. The fraction of sp³-hybridized carbons (Fsp3) is 0.562. The number of carbonyl (C=O) groups is 1. The zero-order valence-corrected chi connectivity index (χ0v) is 13.1. The van der Waals surface area contributed by atoms with E-state index in [9.17, 15) is 9.90 Å². The van der Waals surface area contributed by atoms with Crippen molar-refractivity contribution in [3.8, 4) is 0 Å². The molecule has 20 heavy (non-hydrogen) atoms. The molecule has 1 aromatic carbocycles. The Hall–Kier alpha value is -1.55. The highest BCUT2D eigenvalue weighted by Gasteiger charge is 2.27. The molecule has 112 valence electrons. The molecule has 0 unspecified atom stereocenters. The Morgan fingerprint density at radius 2 is 1.65 bits per heavy atom. The maximum Gasteiger partial charge on any atom is 0.319 e. The van der Waals surface area contributed by atoms with Crippen molar-refractivity contribution in [1.29, 1.82) is 0 Å². The molecule has 0 spiro atoms. The molecule has 1 aromatic rings. The Labute approximate surface area is 121 Å². The number of anilines is 1. The minimum atomic E-state index is -0.545. The summed E-state index contributed by atoms with van der Waals surface area (Å²) in [5.41, 5.74) is 3.56. The van der Waals surface area contributed by atoms with Gasteiger partial charge in [-0.25, -0.2) is 4.79 Å². The van der Waals surface area contributed by atoms with Crippen molar-refractivity contribution < 1.29 is 9.90 Å². The zero-order valence-electron chi connectivity index (χ0n) is 13.1. The van der Waals surface area contributed by atoms with Crippen LogP contribution in [-0.4, -0.2) is 23.3 Å². The predicted molar refractivity (Wildman–Crippen MR) is 83.2 cm³/mol. The molecule has 0 bridgehead atoms. The number of carbonyl (C=O) groups excluding carboxylic acids is 1. The van der Waals surface area contributed by atoms with Crippen molar-refractivity contribution in [2.45, 2.75) is 53.0 Å². The van der Waals surface area contributed by atoms with Crippen molar-refractivity contribution >= 4 is 11.7 Å². The number of benzene rings is 1. The Bertz CT molecular complexity index is 448. The highest BCUT2D eigenvalue weighted by atomic mass is 16.3. The SMILES string of the molecule is CCC(CC)(CO)NC(=O)Nc1c(C)cc(C)cc1C. The van der Waals surface area contributed by atoms with Gasteiger partial charge in [-0.1, -0.05) is 31.5 Å². The first-order chi connectivity index (χ1) is 9.37. The van der Waals surface area contributed by atoms with E-state index in [0.717, 1.165) is 16.8 Å². The monoisotopic (exact) mass is 278 g/mol. The third-order valence-electron chi connectivity index (χ3n) is 3.95. The molecule has 2 amide bonds. The van der Waals surface area contributed by atoms with Crippen LogP contribution in [0.1, 0.15) is 43.4 Å². The summed E-state index contributed by atoms with van der Waals surface area (Å²) >= 11 is 0. The van der Waals surface area contributed by atoms with Gasteiger partial charge in [-0.05, 0) is 44.7 Å². The third kappa shape index (κ3) is 3.73. The van der Waals surface area contributed by atoms with Crippen molar-refractivity contribution in [1.82, 2.24) is 5.32 Å². The minimum absolute atomic E-state index is 0.0563. The second-order valence-corrected chi connectivity index (χ2v) is 5.50. The molecule has 0 fully saturated rings. The zero-order chi connectivity index (χ0) is 15.3. The summed E-state index contributed by atoms with van der Waals surface area (Å²) in [7, 11) is 0. The molecule has 0 saturated carbocycles. The summed E-state index contributed by atoms with van der Waals surface area (Å²) in [6.07, 6.45) is 1.39. The van der Waals surface area contributed by atoms with Gasteiger partial charge in [0.1, 0.15) is 0 Å². The number of hydrogen-bond donors (Lipinski definition) is 3. The Balaban J connectivity index is 2.87. The Morgan fingerprint density at radius 1 is 1.15 bits per heavy atom. The summed E-state index contributed by atoms with van der Waals surface area (Å²) in [4.78, 5) is 12.2. The Kier molecular flexibility index (Phi) is 5.57. The summed E-state index contributed by atoms with van der Waals surface area (Å²) < 4.78 is 0. The number of amides is 2. The standard InChI is InChI=1S/C16H26N2O2/c1-6-16(7-2,10-19)18-15(20)17-14-12(4)8-11(3)9-13(14)5/h8-9,19H,6-7,10H2,1-5H3,(H2,17,18,20). The van der Waals surface area contributed by atoms with Gasteiger partial charge in [-0.3, -0.25) is 0 Å². The maximum absolute atomic E-state index is 12.2. The third-order valence-corrected chi connectivity index (χ3v) is 3.95. The van der Waals surface area contributed by atoms with Gasteiger partial charge in [0.25, 0.3) is 0 Å². The van der Waals surface area contributed by atoms with E-state index in [1.54, 1.807) is 0 Å². The van der Waals surface area contributed by atoms with Gasteiger partial charge in [0, 0.05) is 5.69 Å². The van der Waals surface area contributed by atoms with Gasteiger partial charge in [0.2, 0.25) is 0 Å². The fourth-order valence-corrected chi connectivity index (χ4v) is 2.45. The number of aryl methyl sites for hydroxylation is 3. The van der Waals surface area contributed by atoms with Crippen LogP contribution < -0.4 is 10.6 Å². The van der Waals surface area contributed by atoms with Gasteiger partial charge in [0.15, 0.2) is 0 Å². The molecular formula is C16H26N2O2. The second kappa shape index (κ2) is 6.75. The average Bonchev–Trinajstić information content (AvgIpc) is 2.40. The van der Waals surface area contributed by atoms with E-state index in [2.05, 4.69) is 10.6 Å². The number of nitrogens with one attached hydrogen (secondary N) is 2. The van der Waals surface area contributed by atoms with Crippen LogP contribution in [0, 0.1) is 20.8 Å². The molecule has 0 saturated heterocycles. The lowest BCUT2D eigenvalue weighted by Crippen LogP contribution is -2.52. The molecule has 0 heterocycles. The van der Waals surface area contributed by atoms with Gasteiger partial charge in [0.05, 0.1) is 12.1 Å². The topological polar surface area (TPSA) is 61.4 Å². The molecule has 4 nitrogen and oxygen atoms in total. The van der Waals surface area contributed by atoms with Crippen LogP contribution in [0.25, 0.3) is 0 Å². The van der Waals surface area contributed by atoms with Crippen LogP contribution in [0.3, 0.4) is 0 Å². The molecule has 1 rings (SSSR count). The molecule has 0 radical (unpaired) electrons. The van der Waals surface area contributed by atoms with E-state index in [4.69, 9.17) is 0 Å². The van der Waals surface area contributed by atoms with Gasteiger partial charge >= 0.3 is 6.03 Å².